The quantitative estimate of drug-likeness (QED) is 0.151. The molecule has 1 heterocycles. The van der Waals surface area contributed by atoms with E-state index >= 15 is 0 Å². The van der Waals surface area contributed by atoms with Gasteiger partial charge in [0.2, 0.25) is 0 Å². The number of carbonyl (C=O) groups is 2. The number of likely N-dealkylation sites (N-methyl/N-ethyl adjacent to an activating group) is 1. The number of rotatable bonds is 7. The van der Waals surface area contributed by atoms with Crippen LogP contribution >= 0.6 is 0 Å². The van der Waals surface area contributed by atoms with E-state index in [4.69, 9.17) is 19.9 Å². The predicted molar refractivity (Wildman–Crippen MR) is 171 cm³/mol. The minimum Gasteiger partial charge on any atom is -0.506 e. The first-order chi connectivity index (χ1) is 20.7. The van der Waals surface area contributed by atoms with Crippen LogP contribution in [0.25, 0.3) is 0 Å². The summed E-state index contributed by atoms with van der Waals surface area (Å²) in [4.78, 5) is 26.8. The van der Waals surface area contributed by atoms with Gasteiger partial charge in [0.05, 0.1) is 23.6 Å². The molecular formula is C32H50N4O8. The number of aliphatic hydroxyl groups excluding tert-OH is 1. The number of ether oxygens (including phenoxy) is 3. The lowest BCUT2D eigenvalue weighted by Crippen LogP contribution is -2.37. The first kappa shape index (κ1) is 36.6. The SMILES string of the molecule is COC1/C=C\C=C(/C)C(=O)Nc2cc(O)c(NCCN(C)C)c(c2O)CC(C)CC(OC)C(O)C(C)/C=C(\C)C1OC(N)=O. The molecule has 2 rings (SSSR count). The molecule has 2 amide bonds. The molecule has 0 aliphatic carbocycles. The number of aromatic hydroxyl groups is 2. The highest BCUT2D eigenvalue weighted by atomic mass is 16.6. The molecule has 0 spiro atoms. The van der Waals surface area contributed by atoms with Crippen LogP contribution in [0.5, 0.6) is 11.5 Å². The van der Waals surface area contributed by atoms with Crippen molar-refractivity contribution in [3.05, 3.63) is 47.1 Å². The molecule has 0 aromatic heterocycles. The second-order valence-corrected chi connectivity index (χ2v) is 11.7. The first-order valence-electron chi connectivity index (χ1n) is 14.7. The zero-order chi connectivity index (χ0) is 33.1. The average Bonchev–Trinajstić information content (AvgIpc) is 2.95. The van der Waals surface area contributed by atoms with Crippen molar-refractivity contribution in [2.45, 2.75) is 65.0 Å². The van der Waals surface area contributed by atoms with Gasteiger partial charge in [-0.3, -0.25) is 4.79 Å². The van der Waals surface area contributed by atoms with E-state index < -0.39 is 42.3 Å². The number of hydrogen-bond donors (Lipinski definition) is 6. The van der Waals surface area contributed by atoms with E-state index in [0.717, 1.165) is 0 Å². The number of nitrogens with one attached hydrogen (secondary N) is 2. The number of methoxy groups -OCH3 is 2. The van der Waals surface area contributed by atoms with Gasteiger partial charge in [0.25, 0.3) is 5.91 Å². The molecule has 12 heteroatoms. The smallest absolute Gasteiger partial charge is 0.405 e. The van der Waals surface area contributed by atoms with Crippen LogP contribution in [0.1, 0.15) is 39.7 Å². The van der Waals surface area contributed by atoms with E-state index in [1.165, 1.54) is 20.3 Å². The van der Waals surface area contributed by atoms with Crippen molar-refractivity contribution < 1.29 is 39.1 Å². The number of aliphatic hydroxyl groups is 1. The number of primary amides is 1. The van der Waals surface area contributed by atoms with Crippen molar-refractivity contribution in [2.75, 3.05) is 52.0 Å². The number of nitrogens with zero attached hydrogens (tertiary/aromatic N) is 1. The number of allylic oxidation sites excluding steroid dienone is 2. The third-order valence-corrected chi connectivity index (χ3v) is 7.69. The summed E-state index contributed by atoms with van der Waals surface area (Å²) in [7, 11) is 6.83. The Morgan fingerprint density at radius 2 is 1.86 bits per heavy atom. The summed E-state index contributed by atoms with van der Waals surface area (Å²) >= 11 is 0. The van der Waals surface area contributed by atoms with Gasteiger partial charge < -0.3 is 50.8 Å². The number of phenolic OH excluding ortho intramolecular Hbond substituents is 2. The highest BCUT2D eigenvalue weighted by Crippen LogP contribution is 2.42. The summed E-state index contributed by atoms with van der Waals surface area (Å²) in [6.07, 6.45) is 3.10. The third kappa shape index (κ3) is 10.3. The monoisotopic (exact) mass is 618 g/mol. The fourth-order valence-electron chi connectivity index (χ4n) is 5.21. The van der Waals surface area contributed by atoms with Gasteiger partial charge in [-0.2, -0.15) is 0 Å². The van der Waals surface area contributed by atoms with Crippen LogP contribution in [0.2, 0.25) is 0 Å². The normalized spacial score (nSPS) is 28.7. The minimum absolute atomic E-state index is 0.0592. The molecular weight excluding hydrogens is 568 g/mol. The summed E-state index contributed by atoms with van der Waals surface area (Å²) < 4.78 is 16.7. The Morgan fingerprint density at radius 1 is 1.18 bits per heavy atom. The average molecular weight is 619 g/mol. The van der Waals surface area contributed by atoms with Crippen molar-refractivity contribution in [1.82, 2.24) is 4.90 Å². The second kappa shape index (κ2) is 17.0. The number of anilines is 2. The Hall–Kier alpha value is -3.58. The Labute approximate surface area is 260 Å². The molecule has 1 aromatic carbocycles. The largest absolute Gasteiger partial charge is 0.506 e. The van der Waals surface area contributed by atoms with Crippen molar-refractivity contribution in [1.29, 1.82) is 0 Å². The van der Waals surface area contributed by atoms with Gasteiger partial charge in [0.1, 0.15) is 17.6 Å². The number of amides is 2. The lowest BCUT2D eigenvalue weighted by atomic mass is 9.87. The summed E-state index contributed by atoms with van der Waals surface area (Å²) in [6, 6.07) is 1.32. The van der Waals surface area contributed by atoms with Crippen LogP contribution in [0.4, 0.5) is 16.2 Å². The number of nitrogens with two attached hydrogens (primary N) is 1. The topological polar surface area (TPSA) is 176 Å². The van der Waals surface area contributed by atoms with Gasteiger partial charge >= 0.3 is 6.09 Å². The molecule has 44 heavy (non-hydrogen) atoms. The summed E-state index contributed by atoms with van der Waals surface area (Å²) in [5, 5.41) is 39.6. The molecule has 1 aromatic rings. The third-order valence-electron chi connectivity index (χ3n) is 7.69. The summed E-state index contributed by atoms with van der Waals surface area (Å²) in [5.41, 5.74) is 7.15. The zero-order valence-electron chi connectivity index (χ0n) is 27.1. The number of carbonyl (C=O) groups excluding carboxylic acids is 2. The van der Waals surface area contributed by atoms with Crippen LogP contribution in [-0.4, -0.2) is 98.0 Å². The standard InChI is InChI=1S/C32H50N4O8/c1-18-14-22-27(34-12-13-36(5)6)24(37)17-23(29(22)39)35-31(40)19(2)10-9-11-25(42-7)30(44-32(33)41)21(4)16-20(3)28(38)26(15-18)43-8/h9-11,16-18,20,25-26,28,30,34,37-39H,12-15H2,1-8H3,(H2,33,41)(H,35,40)/b11-9-,19-10+,21-16+. The number of benzene rings is 1. The molecule has 246 valence electrons. The van der Waals surface area contributed by atoms with Crippen molar-refractivity contribution in [2.24, 2.45) is 17.6 Å². The Balaban J connectivity index is 2.65. The molecule has 6 unspecified atom stereocenters. The summed E-state index contributed by atoms with van der Waals surface area (Å²) in [5.74, 6) is -1.32. The van der Waals surface area contributed by atoms with Crippen molar-refractivity contribution in [3.63, 3.8) is 0 Å². The Kier molecular flexibility index (Phi) is 14.2. The molecule has 2 bridgehead atoms. The van der Waals surface area contributed by atoms with E-state index in [1.807, 2.05) is 32.8 Å². The minimum atomic E-state index is -0.986. The van der Waals surface area contributed by atoms with Crippen molar-refractivity contribution in [3.8, 4) is 11.5 Å². The van der Waals surface area contributed by atoms with E-state index in [2.05, 4.69) is 10.6 Å². The molecule has 12 nitrogen and oxygen atoms in total. The van der Waals surface area contributed by atoms with Crippen molar-refractivity contribution >= 4 is 23.4 Å². The van der Waals surface area contributed by atoms with Crippen LogP contribution in [0, 0.1) is 11.8 Å². The zero-order valence-corrected chi connectivity index (χ0v) is 27.1. The van der Waals surface area contributed by atoms with Gasteiger partial charge in [-0.15, -0.1) is 0 Å². The second-order valence-electron chi connectivity index (χ2n) is 11.7. The lowest BCUT2D eigenvalue weighted by molar-refractivity contribution is -0.112. The highest BCUT2D eigenvalue weighted by Gasteiger charge is 2.30. The fraction of sp³-hybridized carbons (Fsp3) is 0.562. The fourth-order valence-corrected chi connectivity index (χ4v) is 5.21. The van der Waals surface area contributed by atoms with E-state index in [1.54, 1.807) is 38.2 Å². The van der Waals surface area contributed by atoms with Gasteiger partial charge in [-0.25, -0.2) is 4.79 Å². The lowest BCUT2D eigenvalue weighted by Gasteiger charge is -2.29. The van der Waals surface area contributed by atoms with Gasteiger partial charge in [0.15, 0.2) is 6.10 Å². The molecule has 1 aliphatic heterocycles. The molecule has 6 atom stereocenters. The van der Waals surface area contributed by atoms with Crippen LogP contribution < -0.4 is 16.4 Å². The van der Waals surface area contributed by atoms with Gasteiger partial charge in [-0.1, -0.05) is 38.2 Å². The van der Waals surface area contributed by atoms with E-state index in [-0.39, 0.29) is 23.1 Å². The Bertz CT molecular complexity index is 1230. The maximum absolute atomic E-state index is 13.1. The van der Waals surface area contributed by atoms with Crippen LogP contribution in [0.3, 0.4) is 0 Å². The maximum atomic E-state index is 13.1. The number of hydrogen-bond acceptors (Lipinski definition) is 10. The van der Waals surface area contributed by atoms with Crippen LogP contribution in [-0.2, 0) is 25.4 Å². The maximum Gasteiger partial charge on any atom is 0.405 e. The van der Waals surface area contributed by atoms with Gasteiger partial charge in [0, 0.05) is 50.4 Å². The predicted octanol–water partition coefficient (Wildman–Crippen LogP) is 3.53. The molecule has 0 fully saturated rings. The van der Waals surface area contributed by atoms with Gasteiger partial charge in [-0.05, 0) is 52.3 Å². The molecule has 7 N–H and O–H groups in total. The van der Waals surface area contributed by atoms with E-state index in [0.29, 0.717) is 48.3 Å². The molecule has 0 saturated heterocycles. The highest BCUT2D eigenvalue weighted by molar-refractivity contribution is 6.04. The molecule has 0 saturated carbocycles. The molecule has 0 radical (unpaired) electrons. The van der Waals surface area contributed by atoms with E-state index in [9.17, 15) is 24.9 Å². The summed E-state index contributed by atoms with van der Waals surface area (Å²) in [6.45, 7) is 8.32. The first-order valence-corrected chi connectivity index (χ1v) is 14.7. The molecule has 1 aliphatic rings. The van der Waals surface area contributed by atoms with Crippen LogP contribution in [0.15, 0.2) is 41.5 Å². The number of phenols is 2. The number of fused-ring (bicyclic) bond motifs is 2. The Morgan fingerprint density at radius 3 is 2.45 bits per heavy atom.